The Morgan fingerprint density at radius 2 is 1.62 bits per heavy atom. The van der Waals surface area contributed by atoms with E-state index >= 15 is 0 Å². The van der Waals surface area contributed by atoms with E-state index in [1.165, 1.54) is 0 Å². The molecule has 0 aliphatic rings. The predicted octanol–water partition coefficient (Wildman–Crippen LogP) is 4.33. The molecule has 0 aromatic heterocycles. The molecule has 3 heteroatoms. The van der Waals surface area contributed by atoms with E-state index in [4.69, 9.17) is 0 Å². The lowest BCUT2D eigenvalue weighted by Gasteiger charge is -2.30. The van der Waals surface area contributed by atoms with Crippen molar-refractivity contribution in [3.05, 3.63) is 0 Å². The molecule has 0 fully saturated rings. The van der Waals surface area contributed by atoms with Gasteiger partial charge in [-0.25, -0.2) is 8.78 Å². The molecule has 0 saturated carbocycles. The van der Waals surface area contributed by atoms with Gasteiger partial charge >= 0.3 is 0 Å². The first kappa shape index (κ1) is 18.2. The zero-order valence-corrected chi connectivity index (χ0v) is 11.7. The van der Waals surface area contributed by atoms with Crippen molar-refractivity contribution in [2.75, 3.05) is 13.6 Å². The van der Waals surface area contributed by atoms with Crippen LogP contribution in [0.25, 0.3) is 0 Å². The minimum absolute atomic E-state index is 0.472. The fraction of sp³-hybridized carbons (Fsp3) is 1.00. The summed E-state index contributed by atoms with van der Waals surface area (Å²) in [5, 5.41) is 2.93. The van der Waals surface area contributed by atoms with Crippen LogP contribution in [0.2, 0.25) is 0 Å². The van der Waals surface area contributed by atoms with E-state index in [0.29, 0.717) is 19.4 Å². The standard InChI is InChI=1S/C11H23F2N.C2H6/c1-5-6-10(7-8-14-4)11(12,13)9(2)3;1-2/h9-10,14H,5-8H2,1-4H3;1-2H3. The molecule has 0 aliphatic heterocycles. The fourth-order valence-corrected chi connectivity index (χ4v) is 1.67. The lowest BCUT2D eigenvalue weighted by atomic mass is 9.86. The highest BCUT2D eigenvalue weighted by Crippen LogP contribution is 2.37. The molecule has 100 valence electrons. The second-order valence-electron chi connectivity index (χ2n) is 4.21. The van der Waals surface area contributed by atoms with Crippen LogP contribution >= 0.6 is 0 Å². The Labute approximate surface area is 100 Å². The molecule has 16 heavy (non-hydrogen) atoms. The summed E-state index contributed by atoms with van der Waals surface area (Å²) in [4.78, 5) is 0. The van der Waals surface area contributed by atoms with Crippen LogP contribution in [0.1, 0.15) is 53.9 Å². The van der Waals surface area contributed by atoms with Gasteiger partial charge in [0.05, 0.1) is 0 Å². The number of hydrogen-bond acceptors (Lipinski definition) is 1. The van der Waals surface area contributed by atoms with E-state index < -0.39 is 17.8 Å². The molecule has 1 N–H and O–H groups in total. The monoisotopic (exact) mass is 237 g/mol. The molecule has 0 saturated heterocycles. The Bertz CT molecular complexity index is 147. The van der Waals surface area contributed by atoms with Gasteiger partial charge in [-0.2, -0.15) is 0 Å². The normalized spacial score (nSPS) is 13.3. The third-order valence-corrected chi connectivity index (χ3v) is 2.69. The second kappa shape index (κ2) is 10.0. The molecule has 0 heterocycles. The highest BCUT2D eigenvalue weighted by Gasteiger charge is 2.41. The van der Waals surface area contributed by atoms with Gasteiger partial charge in [-0.05, 0) is 26.4 Å². The molecular formula is C13H29F2N. The number of nitrogens with one attached hydrogen (secondary N) is 1. The molecular weight excluding hydrogens is 208 g/mol. The summed E-state index contributed by atoms with van der Waals surface area (Å²) >= 11 is 0. The third-order valence-electron chi connectivity index (χ3n) is 2.69. The minimum Gasteiger partial charge on any atom is -0.320 e. The zero-order valence-electron chi connectivity index (χ0n) is 11.7. The van der Waals surface area contributed by atoms with Crippen LogP contribution in [0.3, 0.4) is 0 Å². The molecule has 0 rings (SSSR count). The van der Waals surface area contributed by atoms with E-state index in [9.17, 15) is 8.78 Å². The molecule has 0 aromatic carbocycles. The Balaban J connectivity index is 0. The predicted molar refractivity (Wildman–Crippen MR) is 68.1 cm³/mol. The van der Waals surface area contributed by atoms with E-state index in [1.807, 2.05) is 20.8 Å². The van der Waals surface area contributed by atoms with Crippen molar-refractivity contribution in [2.24, 2.45) is 11.8 Å². The quantitative estimate of drug-likeness (QED) is 0.695. The second-order valence-corrected chi connectivity index (χ2v) is 4.21. The van der Waals surface area contributed by atoms with Crippen molar-refractivity contribution < 1.29 is 8.78 Å². The van der Waals surface area contributed by atoms with Crippen LogP contribution in [-0.4, -0.2) is 19.5 Å². The summed E-state index contributed by atoms with van der Waals surface area (Å²) in [5.41, 5.74) is 0. The molecule has 1 nitrogen and oxygen atoms in total. The van der Waals surface area contributed by atoms with Gasteiger partial charge in [0.1, 0.15) is 0 Å². The maximum atomic E-state index is 13.7. The third kappa shape index (κ3) is 6.41. The summed E-state index contributed by atoms with van der Waals surface area (Å²) in [6.45, 7) is 9.83. The van der Waals surface area contributed by atoms with Crippen LogP contribution in [-0.2, 0) is 0 Å². The number of rotatable bonds is 7. The molecule has 0 radical (unpaired) electrons. The average molecular weight is 237 g/mol. The molecule has 1 atom stereocenters. The summed E-state index contributed by atoms with van der Waals surface area (Å²) in [6.07, 6.45) is 2.01. The molecule has 0 bridgehead atoms. The van der Waals surface area contributed by atoms with E-state index in [2.05, 4.69) is 5.32 Å². The van der Waals surface area contributed by atoms with Crippen molar-refractivity contribution in [1.29, 1.82) is 0 Å². The molecule has 0 spiro atoms. The number of alkyl halides is 2. The first-order chi connectivity index (χ1) is 7.46. The SMILES string of the molecule is CC.CCCC(CCNC)C(F)(F)C(C)C. The van der Waals surface area contributed by atoms with Gasteiger partial charge in [0.25, 0.3) is 5.92 Å². The zero-order chi connectivity index (χ0) is 13.2. The van der Waals surface area contributed by atoms with Gasteiger partial charge < -0.3 is 5.32 Å². The lowest BCUT2D eigenvalue weighted by Crippen LogP contribution is -2.35. The van der Waals surface area contributed by atoms with Crippen molar-refractivity contribution in [1.82, 2.24) is 5.32 Å². The topological polar surface area (TPSA) is 12.0 Å². The summed E-state index contributed by atoms with van der Waals surface area (Å²) in [6, 6.07) is 0. The summed E-state index contributed by atoms with van der Waals surface area (Å²) < 4.78 is 27.4. The molecule has 1 unspecified atom stereocenters. The Hall–Kier alpha value is -0.180. The molecule has 0 aliphatic carbocycles. The van der Waals surface area contributed by atoms with E-state index in [-0.39, 0.29) is 0 Å². The highest BCUT2D eigenvalue weighted by molar-refractivity contribution is 4.80. The maximum Gasteiger partial charge on any atom is 0.253 e. The van der Waals surface area contributed by atoms with Crippen molar-refractivity contribution in [3.8, 4) is 0 Å². The van der Waals surface area contributed by atoms with Crippen LogP contribution < -0.4 is 5.32 Å². The number of halogens is 2. The maximum absolute atomic E-state index is 13.7. The molecule has 0 amide bonds. The Morgan fingerprint density at radius 3 is 1.94 bits per heavy atom. The van der Waals surface area contributed by atoms with E-state index in [0.717, 1.165) is 6.42 Å². The Morgan fingerprint density at radius 1 is 1.12 bits per heavy atom. The molecule has 0 aromatic rings. The summed E-state index contributed by atoms with van der Waals surface area (Å²) in [7, 11) is 1.80. The number of hydrogen-bond donors (Lipinski definition) is 1. The highest BCUT2D eigenvalue weighted by atomic mass is 19.3. The first-order valence-corrected chi connectivity index (χ1v) is 6.49. The van der Waals surface area contributed by atoms with Crippen LogP contribution in [0, 0.1) is 11.8 Å². The van der Waals surface area contributed by atoms with Gasteiger partial charge in [0, 0.05) is 11.8 Å². The van der Waals surface area contributed by atoms with Crippen molar-refractivity contribution in [3.63, 3.8) is 0 Å². The van der Waals surface area contributed by atoms with Crippen molar-refractivity contribution >= 4 is 0 Å². The van der Waals surface area contributed by atoms with Crippen LogP contribution in [0.5, 0.6) is 0 Å². The first-order valence-electron chi connectivity index (χ1n) is 6.49. The van der Waals surface area contributed by atoms with Gasteiger partial charge in [-0.15, -0.1) is 0 Å². The fourth-order valence-electron chi connectivity index (χ4n) is 1.67. The van der Waals surface area contributed by atoms with Crippen molar-refractivity contribution in [2.45, 2.75) is 59.8 Å². The van der Waals surface area contributed by atoms with Crippen LogP contribution in [0.15, 0.2) is 0 Å². The van der Waals surface area contributed by atoms with Gasteiger partial charge in [-0.1, -0.05) is 41.0 Å². The largest absolute Gasteiger partial charge is 0.320 e. The average Bonchev–Trinajstić information content (AvgIpc) is 2.26. The van der Waals surface area contributed by atoms with E-state index in [1.54, 1.807) is 20.9 Å². The summed E-state index contributed by atoms with van der Waals surface area (Å²) in [5.74, 6) is -3.55. The van der Waals surface area contributed by atoms with Crippen LogP contribution in [0.4, 0.5) is 8.78 Å². The Kier molecular flexibility index (Phi) is 11.4. The smallest absolute Gasteiger partial charge is 0.253 e. The minimum atomic E-state index is -2.52. The van der Waals surface area contributed by atoms with Gasteiger partial charge in [0.15, 0.2) is 0 Å². The van der Waals surface area contributed by atoms with Gasteiger partial charge in [-0.3, -0.25) is 0 Å². The lowest BCUT2D eigenvalue weighted by molar-refractivity contribution is -0.102. The van der Waals surface area contributed by atoms with Gasteiger partial charge in [0.2, 0.25) is 0 Å².